The number of anilines is 1. The Morgan fingerprint density at radius 2 is 2.10 bits per heavy atom. The fraction of sp³-hybridized carbons (Fsp3) is 0.200. The number of thiophene rings is 1. The molecule has 102 valence electrons. The minimum absolute atomic E-state index is 0.120. The number of nitrogens with one attached hydrogen (secondary N) is 1. The summed E-state index contributed by atoms with van der Waals surface area (Å²) in [4.78, 5) is 8.62. The number of rotatable bonds is 3. The molecule has 1 atom stereocenters. The van der Waals surface area contributed by atoms with Crippen LogP contribution in [0.3, 0.4) is 0 Å². The molecule has 0 bridgehead atoms. The van der Waals surface area contributed by atoms with E-state index in [9.17, 15) is 0 Å². The summed E-state index contributed by atoms with van der Waals surface area (Å²) in [5, 5.41) is 5.94. The van der Waals surface area contributed by atoms with Gasteiger partial charge in [-0.1, -0.05) is 11.6 Å². The largest absolute Gasteiger partial charge is 0.376 e. The van der Waals surface area contributed by atoms with E-state index < -0.39 is 0 Å². The van der Waals surface area contributed by atoms with Gasteiger partial charge in [0.1, 0.15) is 0 Å². The third-order valence-corrected chi connectivity index (χ3v) is 4.33. The number of aryl methyl sites for hydroxylation is 1. The zero-order valence-electron chi connectivity index (χ0n) is 11.2. The highest BCUT2D eigenvalue weighted by atomic mass is 35.5. The van der Waals surface area contributed by atoms with E-state index in [1.54, 1.807) is 17.5 Å². The lowest BCUT2D eigenvalue weighted by Crippen LogP contribution is -2.08. The van der Waals surface area contributed by atoms with Crippen LogP contribution in [-0.2, 0) is 0 Å². The van der Waals surface area contributed by atoms with Crippen molar-refractivity contribution in [1.29, 1.82) is 0 Å². The normalized spacial score (nSPS) is 12.6. The summed E-state index contributed by atoms with van der Waals surface area (Å²) in [5.41, 5.74) is 4.11. The van der Waals surface area contributed by atoms with Crippen molar-refractivity contribution in [3.63, 3.8) is 0 Å². The molecule has 3 aromatic rings. The van der Waals surface area contributed by atoms with Crippen molar-refractivity contribution in [3.8, 4) is 0 Å². The Hall–Kier alpha value is -1.65. The second kappa shape index (κ2) is 5.38. The third kappa shape index (κ3) is 2.62. The Labute approximate surface area is 126 Å². The second-order valence-electron chi connectivity index (χ2n) is 4.79. The van der Waals surface area contributed by atoms with Crippen LogP contribution in [0.15, 0.2) is 36.0 Å². The minimum Gasteiger partial charge on any atom is -0.376 e. The monoisotopic (exact) mass is 303 g/mol. The third-order valence-electron chi connectivity index (χ3n) is 3.17. The van der Waals surface area contributed by atoms with Crippen LogP contribution in [-0.4, -0.2) is 9.97 Å². The standard InChI is InChI=1S/C15H14ClN3S/c1-9-5-13(15(16)18-7-9)19-10(2)11-6-14-12(17-8-11)3-4-20-14/h3-8,10,19H,1-2H3. The topological polar surface area (TPSA) is 37.8 Å². The molecule has 0 aliphatic carbocycles. The van der Waals surface area contributed by atoms with Crippen molar-refractivity contribution < 1.29 is 0 Å². The van der Waals surface area contributed by atoms with Crippen molar-refractivity contribution in [2.45, 2.75) is 19.9 Å². The molecule has 0 radical (unpaired) electrons. The van der Waals surface area contributed by atoms with E-state index in [4.69, 9.17) is 11.6 Å². The first kappa shape index (κ1) is 13.3. The summed E-state index contributed by atoms with van der Waals surface area (Å²) in [5.74, 6) is 0. The van der Waals surface area contributed by atoms with Gasteiger partial charge in [0, 0.05) is 12.4 Å². The number of pyridine rings is 2. The van der Waals surface area contributed by atoms with Crippen LogP contribution in [0, 0.1) is 6.92 Å². The number of nitrogens with zero attached hydrogens (tertiary/aromatic N) is 2. The summed E-state index contributed by atoms with van der Waals surface area (Å²) >= 11 is 7.82. The molecule has 3 heterocycles. The molecular formula is C15H14ClN3S. The van der Waals surface area contributed by atoms with Crippen molar-refractivity contribution in [2.24, 2.45) is 0 Å². The van der Waals surface area contributed by atoms with Crippen molar-refractivity contribution in [2.75, 3.05) is 5.32 Å². The molecule has 1 unspecified atom stereocenters. The van der Waals surface area contributed by atoms with E-state index in [1.165, 1.54) is 4.70 Å². The number of halogens is 1. The predicted octanol–water partition coefficient (Wildman–Crippen LogP) is 4.83. The van der Waals surface area contributed by atoms with Gasteiger partial charge in [-0.25, -0.2) is 4.98 Å². The highest BCUT2D eigenvalue weighted by molar-refractivity contribution is 7.17. The number of hydrogen-bond acceptors (Lipinski definition) is 4. The van der Waals surface area contributed by atoms with E-state index in [0.29, 0.717) is 5.15 Å². The Kier molecular flexibility index (Phi) is 3.59. The highest BCUT2D eigenvalue weighted by Gasteiger charge is 2.10. The second-order valence-corrected chi connectivity index (χ2v) is 6.10. The Bertz CT molecular complexity index is 754. The fourth-order valence-corrected chi connectivity index (χ4v) is 3.02. The lowest BCUT2D eigenvalue weighted by molar-refractivity contribution is 0.878. The molecule has 0 aliphatic heterocycles. The Morgan fingerprint density at radius 3 is 2.95 bits per heavy atom. The Morgan fingerprint density at radius 1 is 1.25 bits per heavy atom. The molecule has 0 aliphatic rings. The predicted molar refractivity (Wildman–Crippen MR) is 85.6 cm³/mol. The summed E-state index contributed by atoms with van der Waals surface area (Å²) in [6, 6.07) is 6.32. The van der Waals surface area contributed by atoms with Gasteiger partial charge in [-0.3, -0.25) is 4.98 Å². The first-order chi connectivity index (χ1) is 9.63. The van der Waals surface area contributed by atoms with Crippen molar-refractivity contribution in [1.82, 2.24) is 9.97 Å². The van der Waals surface area contributed by atoms with Gasteiger partial charge in [-0.15, -0.1) is 11.3 Å². The fourth-order valence-electron chi connectivity index (χ4n) is 2.07. The number of hydrogen-bond donors (Lipinski definition) is 1. The SMILES string of the molecule is Cc1cnc(Cl)c(NC(C)c2cnc3ccsc3c2)c1. The molecule has 0 fully saturated rings. The van der Waals surface area contributed by atoms with Crippen LogP contribution in [0.4, 0.5) is 5.69 Å². The molecule has 3 nitrogen and oxygen atoms in total. The zero-order valence-corrected chi connectivity index (χ0v) is 12.8. The molecule has 0 spiro atoms. The van der Waals surface area contributed by atoms with Gasteiger partial charge in [0.15, 0.2) is 5.15 Å². The van der Waals surface area contributed by atoms with Crippen LogP contribution in [0.5, 0.6) is 0 Å². The van der Waals surface area contributed by atoms with Gasteiger partial charge < -0.3 is 5.32 Å². The van der Waals surface area contributed by atoms with Crippen LogP contribution < -0.4 is 5.32 Å². The lowest BCUT2D eigenvalue weighted by Gasteiger charge is -2.16. The van der Waals surface area contributed by atoms with Gasteiger partial charge in [-0.2, -0.15) is 0 Å². The highest BCUT2D eigenvalue weighted by Crippen LogP contribution is 2.27. The smallest absolute Gasteiger partial charge is 0.152 e. The van der Waals surface area contributed by atoms with E-state index in [1.807, 2.05) is 25.3 Å². The van der Waals surface area contributed by atoms with Gasteiger partial charge in [-0.05, 0) is 48.6 Å². The summed E-state index contributed by atoms with van der Waals surface area (Å²) in [7, 11) is 0. The molecule has 0 amide bonds. The first-order valence-electron chi connectivity index (χ1n) is 6.35. The quantitative estimate of drug-likeness (QED) is 0.704. The summed E-state index contributed by atoms with van der Waals surface area (Å²) < 4.78 is 1.20. The zero-order chi connectivity index (χ0) is 14.1. The van der Waals surface area contributed by atoms with Gasteiger partial charge in [0.05, 0.1) is 21.9 Å². The van der Waals surface area contributed by atoms with Crippen molar-refractivity contribution in [3.05, 3.63) is 52.3 Å². The van der Waals surface area contributed by atoms with Crippen molar-refractivity contribution >= 4 is 38.8 Å². The molecule has 20 heavy (non-hydrogen) atoms. The maximum absolute atomic E-state index is 6.12. The van der Waals surface area contributed by atoms with E-state index in [2.05, 4.69) is 33.7 Å². The summed E-state index contributed by atoms with van der Waals surface area (Å²) in [6.45, 7) is 4.09. The van der Waals surface area contributed by atoms with E-state index in [-0.39, 0.29) is 6.04 Å². The molecule has 3 aromatic heterocycles. The maximum Gasteiger partial charge on any atom is 0.152 e. The van der Waals surface area contributed by atoms with Gasteiger partial charge in [0.25, 0.3) is 0 Å². The molecule has 1 N–H and O–H groups in total. The van der Waals surface area contributed by atoms with Gasteiger partial charge in [0.2, 0.25) is 0 Å². The maximum atomic E-state index is 6.12. The molecule has 3 rings (SSSR count). The van der Waals surface area contributed by atoms with Gasteiger partial charge >= 0.3 is 0 Å². The molecule has 0 saturated carbocycles. The molecule has 0 saturated heterocycles. The summed E-state index contributed by atoms with van der Waals surface area (Å²) in [6.07, 6.45) is 3.67. The Balaban J connectivity index is 1.88. The van der Waals surface area contributed by atoms with Crippen LogP contribution in [0.2, 0.25) is 5.15 Å². The average molecular weight is 304 g/mol. The van der Waals surface area contributed by atoms with Crippen LogP contribution in [0.25, 0.3) is 10.2 Å². The van der Waals surface area contributed by atoms with Crippen LogP contribution >= 0.6 is 22.9 Å². The lowest BCUT2D eigenvalue weighted by atomic mass is 10.1. The van der Waals surface area contributed by atoms with E-state index >= 15 is 0 Å². The minimum atomic E-state index is 0.120. The average Bonchev–Trinajstić information content (AvgIpc) is 2.90. The van der Waals surface area contributed by atoms with Crippen LogP contribution in [0.1, 0.15) is 24.1 Å². The molecule has 0 aromatic carbocycles. The number of fused-ring (bicyclic) bond motifs is 1. The van der Waals surface area contributed by atoms with E-state index in [0.717, 1.165) is 22.3 Å². The molecular weight excluding hydrogens is 290 g/mol. The number of aromatic nitrogens is 2. The molecule has 5 heteroatoms. The first-order valence-corrected chi connectivity index (χ1v) is 7.61.